The van der Waals surface area contributed by atoms with Crippen molar-refractivity contribution in [2.45, 2.75) is 31.5 Å². The largest absolute Gasteiger partial charge is 0.434 e. The van der Waals surface area contributed by atoms with E-state index in [4.69, 9.17) is 18.6 Å². The molecule has 6 rings (SSSR count). The molecular weight excluding hydrogens is 466 g/mol. The summed E-state index contributed by atoms with van der Waals surface area (Å²) < 4.78 is 63.1. The average molecular weight is 496 g/mol. The summed E-state index contributed by atoms with van der Waals surface area (Å²) in [6, 6.07) is 8.30. The molecule has 2 aromatic carbocycles. The molecular formula is C27H26F2N4O3. The van der Waals surface area contributed by atoms with Gasteiger partial charge in [0.2, 0.25) is 0 Å². The summed E-state index contributed by atoms with van der Waals surface area (Å²) in [4.78, 5) is 21.4. The van der Waals surface area contributed by atoms with Gasteiger partial charge in [-0.25, -0.2) is 4.98 Å². The summed E-state index contributed by atoms with van der Waals surface area (Å²) in [5.74, 6) is 5.90. The number of amides is 1. The topological polar surface area (TPSA) is 59.8 Å². The van der Waals surface area contributed by atoms with Gasteiger partial charge in [0, 0.05) is 60.3 Å². The van der Waals surface area contributed by atoms with Crippen molar-refractivity contribution in [1.29, 1.82) is 0 Å². The van der Waals surface area contributed by atoms with Crippen LogP contribution in [0, 0.1) is 11.8 Å². The number of hydrogen-bond acceptors (Lipinski definition) is 5. The van der Waals surface area contributed by atoms with Crippen molar-refractivity contribution in [3.8, 4) is 17.6 Å². The summed E-state index contributed by atoms with van der Waals surface area (Å²) in [5, 5.41) is 0. The van der Waals surface area contributed by atoms with Gasteiger partial charge in [-0.2, -0.15) is 8.78 Å². The molecule has 0 radical (unpaired) electrons. The van der Waals surface area contributed by atoms with Gasteiger partial charge < -0.3 is 18.9 Å². The van der Waals surface area contributed by atoms with Crippen molar-refractivity contribution in [2.75, 3.05) is 39.8 Å². The van der Waals surface area contributed by atoms with E-state index < -0.39 is 31.6 Å². The third-order valence-corrected chi connectivity index (χ3v) is 7.04. The second-order valence-electron chi connectivity index (χ2n) is 9.09. The molecule has 3 aliphatic rings. The zero-order chi connectivity index (χ0) is 27.3. The lowest BCUT2D eigenvalue weighted by molar-refractivity contribution is -0.0507. The highest BCUT2D eigenvalue weighted by Crippen LogP contribution is 2.49. The van der Waals surface area contributed by atoms with Gasteiger partial charge in [-0.1, -0.05) is 17.9 Å². The Bertz CT molecular complexity index is 1490. The smallest absolute Gasteiger partial charge is 0.387 e. The molecule has 1 aromatic heterocycles. The minimum Gasteiger partial charge on any atom is -0.434 e. The first-order valence-electron chi connectivity index (χ1n) is 13.4. The molecule has 2 bridgehead atoms. The number of alkyl halides is 2. The molecule has 36 heavy (non-hydrogen) atoms. The van der Waals surface area contributed by atoms with E-state index in [-0.39, 0.29) is 23.3 Å². The maximum absolute atomic E-state index is 13.5. The Labute approximate surface area is 211 Å². The second kappa shape index (κ2) is 9.19. The van der Waals surface area contributed by atoms with E-state index >= 15 is 0 Å². The number of ether oxygens (including phenoxy) is 2. The van der Waals surface area contributed by atoms with Gasteiger partial charge in [-0.15, -0.1) is 0 Å². The van der Waals surface area contributed by atoms with Gasteiger partial charge in [-0.3, -0.25) is 9.69 Å². The number of rotatable bonds is 4. The third-order valence-electron chi connectivity index (χ3n) is 7.04. The van der Waals surface area contributed by atoms with Crippen LogP contribution in [-0.4, -0.2) is 71.7 Å². The van der Waals surface area contributed by atoms with Gasteiger partial charge in [0.1, 0.15) is 11.6 Å². The Morgan fingerprint density at radius 2 is 2.11 bits per heavy atom. The molecule has 2 atom stereocenters. The van der Waals surface area contributed by atoms with Gasteiger partial charge in [-0.05, 0) is 30.3 Å². The predicted molar refractivity (Wildman–Crippen MR) is 129 cm³/mol. The zero-order valence-electron chi connectivity index (χ0n) is 22.4. The Morgan fingerprint density at radius 1 is 1.25 bits per heavy atom. The summed E-state index contributed by atoms with van der Waals surface area (Å²) in [7, 11) is 0. The van der Waals surface area contributed by atoms with E-state index in [0.717, 1.165) is 43.3 Å². The van der Waals surface area contributed by atoms with Crippen LogP contribution in [0.4, 0.5) is 8.78 Å². The summed E-state index contributed by atoms with van der Waals surface area (Å²) in [6.07, 6.45) is 0.874. The highest BCUT2D eigenvalue weighted by atomic mass is 19.3. The molecule has 0 spiro atoms. The first-order chi connectivity index (χ1) is 18.7. The number of fused-ring (bicyclic) bond motifs is 9. The van der Waals surface area contributed by atoms with E-state index in [1.807, 2.05) is 22.8 Å². The van der Waals surface area contributed by atoms with Crippen LogP contribution in [0.15, 0.2) is 36.4 Å². The third kappa shape index (κ3) is 3.91. The number of hydrogen-bond donors (Lipinski definition) is 0. The lowest BCUT2D eigenvalue weighted by Crippen LogP contribution is -2.36. The van der Waals surface area contributed by atoms with E-state index in [1.54, 1.807) is 0 Å². The molecule has 3 aromatic rings. The van der Waals surface area contributed by atoms with Gasteiger partial charge in [0.05, 0.1) is 36.3 Å². The molecule has 4 heterocycles. The van der Waals surface area contributed by atoms with Crippen LogP contribution < -0.4 is 4.74 Å². The lowest BCUT2D eigenvalue weighted by Gasteiger charge is -2.25. The minimum atomic E-state index is -3.11. The van der Waals surface area contributed by atoms with Crippen molar-refractivity contribution in [3.05, 3.63) is 58.9 Å². The quantitative estimate of drug-likeness (QED) is 0.515. The Kier molecular flexibility index (Phi) is 5.02. The van der Waals surface area contributed by atoms with Crippen LogP contribution in [0.25, 0.3) is 11.0 Å². The normalized spacial score (nSPS) is 22.8. The zero-order valence-corrected chi connectivity index (χ0v) is 19.4. The highest BCUT2D eigenvalue weighted by Gasteiger charge is 2.45. The first kappa shape index (κ1) is 19.7. The number of carbonyl (C=O) groups excluding carboxylic acids is 1. The predicted octanol–water partition coefficient (Wildman–Crippen LogP) is 3.83. The molecule has 1 saturated heterocycles. The van der Waals surface area contributed by atoms with Crippen molar-refractivity contribution in [2.24, 2.45) is 0 Å². The lowest BCUT2D eigenvalue weighted by atomic mass is 9.97. The fourth-order valence-corrected chi connectivity index (χ4v) is 5.39. The van der Waals surface area contributed by atoms with Crippen molar-refractivity contribution < 1.29 is 27.2 Å². The molecule has 1 amide bonds. The van der Waals surface area contributed by atoms with Crippen LogP contribution in [0.1, 0.15) is 56.3 Å². The molecule has 9 heteroatoms. The van der Waals surface area contributed by atoms with Crippen molar-refractivity contribution in [3.63, 3.8) is 0 Å². The monoisotopic (exact) mass is 495 g/mol. The molecule has 0 unspecified atom stereocenters. The van der Waals surface area contributed by atoms with E-state index in [0.29, 0.717) is 23.3 Å². The number of carbonyl (C=O) groups is 1. The molecule has 0 aliphatic carbocycles. The molecule has 3 aliphatic heterocycles. The maximum atomic E-state index is 13.5. The van der Waals surface area contributed by atoms with E-state index in [2.05, 4.69) is 16.7 Å². The molecule has 7 nitrogen and oxygen atoms in total. The van der Waals surface area contributed by atoms with Gasteiger partial charge in [0.15, 0.2) is 0 Å². The Hall–Kier alpha value is -3.48. The Balaban J connectivity index is 1.43. The van der Waals surface area contributed by atoms with Crippen LogP contribution in [0.2, 0.25) is 0 Å². The fourth-order valence-electron chi connectivity index (χ4n) is 5.39. The SMILES string of the molecule is [2H]C([2H])([2H])N1C(=O)c2cccc(OC(F)F)c2[C@H]2C[C@@H]1c1nc3ccc(C#CCCN4CCOCC4)cc3n12. The van der Waals surface area contributed by atoms with E-state index in [9.17, 15) is 13.6 Å². The number of halogens is 2. The van der Waals surface area contributed by atoms with Gasteiger partial charge >= 0.3 is 6.61 Å². The number of morpholine rings is 1. The number of benzene rings is 2. The minimum absolute atomic E-state index is 0.0309. The first-order valence-corrected chi connectivity index (χ1v) is 11.9. The van der Waals surface area contributed by atoms with Crippen molar-refractivity contribution >= 4 is 16.9 Å². The summed E-state index contributed by atoms with van der Waals surface area (Å²) >= 11 is 0. The summed E-state index contributed by atoms with van der Waals surface area (Å²) in [5.41, 5.74) is 2.32. The van der Waals surface area contributed by atoms with Crippen LogP contribution in [0.3, 0.4) is 0 Å². The standard InChI is InChI=1S/C27H26F2N4O3/c1-31-22-16-21(24-18(26(31)34)6-4-7-23(24)36-27(28)29)33-20-15-17(8-9-19(20)30-25(22)33)5-2-3-10-32-11-13-35-14-12-32/h4,6-9,15,21-22,27H,3,10-14,16H2,1H3/t21-,22-/m1/s1/i1D3. The van der Waals surface area contributed by atoms with E-state index in [1.165, 1.54) is 18.2 Å². The van der Waals surface area contributed by atoms with Crippen LogP contribution in [-0.2, 0) is 4.74 Å². The van der Waals surface area contributed by atoms with Crippen LogP contribution in [0.5, 0.6) is 5.75 Å². The number of imidazole rings is 1. The summed E-state index contributed by atoms with van der Waals surface area (Å²) in [6.45, 7) is -1.76. The second-order valence-corrected chi connectivity index (χ2v) is 9.09. The maximum Gasteiger partial charge on any atom is 0.387 e. The average Bonchev–Trinajstić information content (AvgIpc) is 3.39. The molecule has 186 valence electrons. The molecule has 1 fully saturated rings. The Morgan fingerprint density at radius 3 is 2.92 bits per heavy atom. The number of nitrogens with zero attached hydrogens (tertiary/aromatic N) is 4. The molecule has 0 saturated carbocycles. The highest BCUT2D eigenvalue weighted by molar-refractivity contribution is 5.97. The molecule has 0 N–H and O–H groups in total. The van der Waals surface area contributed by atoms with Gasteiger partial charge in [0.25, 0.3) is 5.91 Å². The fraction of sp³-hybridized carbons (Fsp3) is 0.407. The number of aromatic nitrogens is 2. The van der Waals surface area contributed by atoms with Crippen molar-refractivity contribution in [1.82, 2.24) is 19.4 Å². The van der Waals surface area contributed by atoms with Crippen LogP contribution >= 0.6 is 0 Å².